The number of carbonyl (C=O) groups excluding carboxylic acids is 1. The first kappa shape index (κ1) is 13.7. The van der Waals surface area contributed by atoms with Gasteiger partial charge < -0.3 is 5.32 Å². The van der Waals surface area contributed by atoms with E-state index in [2.05, 4.69) is 10.4 Å². The van der Waals surface area contributed by atoms with Gasteiger partial charge in [-0.1, -0.05) is 18.2 Å². The van der Waals surface area contributed by atoms with E-state index in [-0.39, 0.29) is 11.7 Å². The summed E-state index contributed by atoms with van der Waals surface area (Å²) in [5.74, 6) is -0.730. The number of hydrogen-bond acceptors (Lipinski definition) is 2. The Kier molecular flexibility index (Phi) is 3.19. The molecule has 1 aromatic heterocycles. The van der Waals surface area contributed by atoms with Gasteiger partial charge in [0.05, 0.1) is 17.4 Å². The van der Waals surface area contributed by atoms with Gasteiger partial charge in [0, 0.05) is 6.04 Å². The fourth-order valence-corrected chi connectivity index (χ4v) is 2.04. The quantitative estimate of drug-likeness (QED) is 0.946. The molecule has 4 nitrogen and oxygen atoms in total. The molecule has 1 aliphatic rings. The Bertz CT molecular complexity index is 660. The summed E-state index contributed by atoms with van der Waals surface area (Å²) in [5.41, 5.74) is -1.24. The molecule has 0 aliphatic heterocycles. The van der Waals surface area contributed by atoms with Crippen LogP contribution in [0.5, 0.6) is 0 Å². The van der Waals surface area contributed by atoms with Crippen molar-refractivity contribution in [2.75, 3.05) is 0 Å². The average molecular weight is 295 g/mol. The second-order valence-corrected chi connectivity index (χ2v) is 4.90. The number of halogens is 3. The number of benzene rings is 1. The Balaban J connectivity index is 2.05. The van der Waals surface area contributed by atoms with E-state index in [9.17, 15) is 18.0 Å². The summed E-state index contributed by atoms with van der Waals surface area (Å²) in [6, 6.07) is 7.91. The summed E-state index contributed by atoms with van der Waals surface area (Å²) < 4.78 is 40.7. The molecular weight excluding hydrogens is 283 g/mol. The first-order valence-corrected chi connectivity index (χ1v) is 6.48. The fourth-order valence-electron chi connectivity index (χ4n) is 2.04. The van der Waals surface area contributed by atoms with E-state index in [1.165, 1.54) is 12.1 Å². The van der Waals surface area contributed by atoms with Gasteiger partial charge in [-0.25, -0.2) is 4.68 Å². The van der Waals surface area contributed by atoms with Gasteiger partial charge in [-0.2, -0.15) is 18.3 Å². The van der Waals surface area contributed by atoms with Crippen molar-refractivity contribution in [2.45, 2.75) is 25.1 Å². The molecule has 1 aromatic carbocycles. The molecule has 21 heavy (non-hydrogen) atoms. The van der Waals surface area contributed by atoms with E-state index in [0.29, 0.717) is 0 Å². The molecule has 7 heteroatoms. The van der Waals surface area contributed by atoms with Crippen LogP contribution in [0, 0.1) is 0 Å². The zero-order valence-electron chi connectivity index (χ0n) is 10.9. The van der Waals surface area contributed by atoms with Crippen molar-refractivity contribution in [1.29, 1.82) is 0 Å². The second kappa shape index (κ2) is 4.91. The van der Waals surface area contributed by atoms with Crippen LogP contribution >= 0.6 is 0 Å². The molecule has 1 N–H and O–H groups in total. The van der Waals surface area contributed by atoms with E-state index in [1.54, 1.807) is 18.2 Å². The Labute approximate surface area is 118 Å². The molecule has 0 radical (unpaired) electrons. The third-order valence-corrected chi connectivity index (χ3v) is 3.20. The van der Waals surface area contributed by atoms with Crippen LogP contribution in [0.25, 0.3) is 5.69 Å². The van der Waals surface area contributed by atoms with Crippen molar-refractivity contribution in [1.82, 2.24) is 15.1 Å². The molecule has 0 spiro atoms. The fraction of sp³-hybridized carbons (Fsp3) is 0.286. The van der Waals surface area contributed by atoms with Gasteiger partial charge in [0.2, 0.25) is 0 Å². The van der Waals surface area contributed by atoms with Crippen LogP contribution in [0.15, 0.2) is 36.5 Å². The molecule has 1 amide bonds. The largest absolute Gasteiger partial charge is 0.434 e. The van der Waals surface area contributed by atoms with Crippen molar-refractivity contribution in [3.63, 3.8) is 0 Å². The molecule has 110 valence electrons. The van der Waals surface area contributed by atoms with Crippen molar-refractivity contribution >= 4 is 5.91 Å². The molecule has 0 atom stereocenters. The molecule has 0 bridgehead atoms. The molecule has 0 saturated heterocycles. The average Bonchev–Trinajstić information content (AvgIpc) is 3.12. The van der Waals surface area contributed by atoms with Crippen molar-refractivity contribution < 1.29 is 18.0 Å². The van der Waals surface area contributed by atoms with Crippen LogP contribution in [0.2, 0.25) is 0 Å². The van der Waals surface area contributed by atoms with Gasteiger partial charge in [0.25, 0.3) is 5.91 Å². The van der Waals surface area contributed by atoms with Gasteiger partial charge in [0.15, 0.2) is 5.69 Å². The molecular formula is C14H12F3N3O. The number of nitrogens with zero attached hydrogens (tertiary/aromatic N) is 2. The minimum Gasteiger partial charge on any atom is -0.349 e. The number of carbonyl (C=O) groups is 1. The number of nitrogens with one attached hydrogen (secondary N) is 1. The number of para-hydroxylation sites is 1. The van der Waals surface area contributed by atoms with Crippen molar-refractivity contribution in [2.24, 2.45) is 0 Å². The highest BCUT2D eigenvalue weighted by atomic mass is 19.4. The third-order valence-electron chi connectivity index (χ3n) is 3.20. The molecule has 1 aliphatic carbocycles. The van der Waals surface area contributed by atoms with Crippen LogP contribution in [-0.2, 0) is 6.18 Å². The van der Waals surface area contributed by atoms with Crippen LogP contribution in [0.3, 0.4) is 0 Å². The van der Waals surface area contributed by atoms with Crippen molar-refractivity contribution in [3.05, 3.63) is 47.8 Å². The molecule has 1 heterocycles. The molecule has 1 saturated carbocycles. The summed E-state index contributed by atoms with van der Waals surface area (Å²) in [4.78, 5) is 11.9. The maximum atomic E-state index is 13.3. The van der Waals surface area contributed by atoms with Crippen LogP contribution in [0.4, 0.5) is 13.2 Å². The van der Waals surface area contributed by atoms with Gasteiger partial charge in [-0.15, -0.1) is 0 Å². The highest BCUT2D eigenvalue weighted by molar-refractivity contribution is 5.95. The van der Waals surface area contributed by atoms with E-state index in [1.807, 2.05) is 0 Å². The van der Waals surface area contributed by atoms with Crippen LogP contribution in [0.1, 0.15) is 28.9 Å². The number of rotatable bonds is 3. The Hall–Kier alpha value is -2.31. The zero-order chi connectivity index (χ0) is 15.0. The van der Waals surface area contributed by atoms with Gasteiger partial charge in [0.1, 0.15) is 0 Å². The molecule has 0 unspecified atom stereocenters. The normalized spacial score (nSPS) is 15.0. The Morgan fingerprint density at radius 3 is 2.48 bits per heavy atom. The minimum atomic E-state index is -4.66. The van der Waals surface area contributed by atoms with E-state index < -0.39 is 23.3 Å². The summed E-state index contributed by atoms with van der Waals surface area (Å²) in [6.45, 7) is 0. The van der Waals surface area contributed by atoms with E-state index >= 15 is 0 Å². The lowest BCUT2D eigenvalue weighted by Crippen LogP contribution is -2.28. The summed E-state index contributed by atoms with van der Waals surface area (Å²) >= 11 is 0. The maximum Gasteiger partial charge on any atom is 0.434 e. The lowest BCUT2D eigenvalue weighted by atomic mass is 10.2. The van der Waals surface area contributed by atoms with E-state index in [4.69, 9.17) is 0 Å². The van der Waals surface area contributed by atoms with E-state index in [0.717, 1.165) is 23.7 Å². The monoisotopic (exact) mass is 295 g/mol. The summed E-state index contributed by atoms with van der Waals surface area (Å²) in [6.07, 6.45) is -2.09. The highest BCUT2D eigenvalue weighted by Crippen LogP contribution is 2.34. The molecule has 1 fully saturated rings. The topological polar surface area (TPSA) is 46.9 Å². The highest BCUT2D eigenvalue weighted by Gasteiger charge is 2.41. The zero-order valence-corrected chi connectivity index (χ0v) is 10.9. The second-order valence-electron chi connectivity index (χ2n) is 4.90. The Morgan fingerprint density at radius 2 is 1.90 bits per heavy atom. The van der Waals surface area contributed by atoms with Crippen molar-refractivity contribution in [3.8, 4) is 5.69 Å². The number of amides is 1. The maximum absolute atomic E-state index is 13.3. The lowest BCUT2D eigenvalue weighted by Gasteiger charge is -2.12. The number of aromatic nitrogens is 2. The Morgan fingerprint density at radius 1 is 1.24 bits per heavy atom. The number of hydrogen-bond donors (Lipinski definition) is 1. The van der Waals surface area contributed by atoms with Gasteiger partial charge in [-0.05, 0) is 25.0 Å². The van der Waals surface area contributed by atoms with Gasteiger partial charge >= 0.3 is 6.18 Å². The lowest BCUT2D eigenvalue weighted by molar-refractivity contribution is -0.143. The number of alkyl halides is 3. The summed E-state index contributed by atoms with van der Waals surface area (Å²) in [7, 11) is 0. The van der Waals surface area contributed by atoms with Crippen LogP contribution in [-0.4, -0.2) is 21.7 Å². The first-order valence-electron chi connectivity index (χ1n) is 6.48. The summed E-state index contributed by atoms with van der Waals surface area (Å²) in [5, 5.41) is 6.29. The smallest absolute Gasteiger partial charge is 0.349 e. The van der Waals surface area contributed by atoms with Crippen LogP contribution < -0.4 is 5.32 Å². The SMILES string of the molecule is O=C(NC1CC1)c1cnn(-c2ccccc2)c1C(F)(F)F. The third kappa shape index (κ3) is 2.76. The first-order chi connectivity index (χ1) is 9.97. The minimum absolute atomic E-state index is 0.0151. The predicted molar refractivity (Wildman–Crippen MR) is 69.1 cm³/mol. The molecule has 2 aromatic rings. The molecule has 3 rings (SSSR count). The standard InChI is InChI=1S/C14H12F3N3O/c15-14(16,17)12-11(13(21)19-9-6-7-9)8-18-20(12)10-4-2-1-3-5-10/h1-5,8-9H,6-7H2,(H,19,21). The predicted octanol–water partition coefficient (Wildman–Crippen LogP) is 2.78. The van der Waals surface area contributed by atoms with Gasteiger partial charge in [-0.3, -0.25) is 4.79 Å².